The van der Waals surface area contributed by atoms with Crippen LogP contribution in [0.2, 0.25) is 0 Å². The molecule has 20 heavy (non-hydrogen) atoms. The first-order valence-corrected chi connectivity index (χ1v) is 6.97. The van der Waals surface area contributed by atoms with E-state index in [1.165, 1.54) is 5.56 Å². The lowest BCUT2D eigenvalue weighted by Gasteiger charge is -2.11. The zero-order valence-electron chi connectivity index (χ0n) is 11.8. The lowest BCUT2D eigenvalue weighted by Crippen LogP contribution is -2.26. The Balaban J connectivity index is 1.73. The third kappa shape index (κ3) is 4.50. The summed E-state index contributed by atoms with van der Waals surface area (Å²) in [5.41, 5.74) is 2.20. The summed E-state index contributed by atoms with van der Waals surface area (Å²) in [4.78, 5) is 16.1. The fourth-order valence-corrected chi connectivity index (χ4v) is 2.13. The van der Waals surface area contributed by atoms with Crippen LogP contribution in [0.4, 0.5) is 0 Å². The molecule has 1 heterocycles. The Labute approximate surface area is 120 Å². The fourth-order valence-electron chi connectivity index (χ4n) is 2.13. The summed E-state index contributed by atoms with van der Waals surface area (Å²) < 4.78 is 0. The number of amides is 1. The minimum atomic E-state index is 0.0947. The van der Waals surface area contributed by atoms with Crippen molar-refractivity contribution in [2.45, 2.75) is 25.7 Å². The van der Waals surface area contributed by atoms with E-state index in [1.807, 2.05) is 36.4 Å². The number of hydrogen-bond donors (Lipinski definition) is 1. The van der Waals surface area contributed by atoms with E-state index >= 15 is 0 Å². The molecule has 1 aromatic heterocycles. The van der Waals surface area contributed by atoms with E-state index in [4.69, 9.17) is 0 Å². The molecule has 3 nitrogen and oxygen atoms in total. The normalized spacial score (nSPS) is 11.8. The van der Waals surface area contributed by atoms with Crippen LogP contribution in [0.1, 0.15) is 30.5 Å². The number of benzene rings is 1. The molecule has 104 valence electrons. The molecule has 2 rings (SSSR count). The number of rotatable bonds is 6. The summed E-state index contributed by atoms with van der Waals surface area (Å²) in [7, 11) is 0. The number of carbonyl (C=O) groups excluding carboxylic acids is 1. The molecule has 2 aromatic rings. The van der Waals surface area contributed by atoms with Crippen LogP contribution in [0.25, 0.3) is 0 Å². The SMILES string of the molecule is C[C@H](CC(=O)NCCc1ccccn1)c1ccccc1. The average Bonchev–Trinajstić information content (AvgIpc) is 2.49. The van der Waals surface area contributed by atoms with Gasteiger partial charge in [0.1, 0.15) is 0 Å². The second-order valence-electron chi connectivity index (χ2n) is 4.94. The van der Waals surface area contributed by atoms with Gasteiger partial charge in [-0.2, -0.15) is 0 Å². The van der Waals surface area contributed by atoms with Gasteiger partial charge in [-0.25, -0.2) is 0 Å². The molecule has 0 unspecified atom stereocenters. The van der Waals surface area contributed by atoms with Crippen molar-refractivity contribution in [1.29, 1.82) is 0 Å². The first kappa shape index (κ1) is 14.3. The van der Waals surface area contributed by atoms with Crippen LogP contribution in [0.15, 0.2) is 54.7 Å². The predicted octanol–water partition coefficient (Wildman–Crippen LogP) is 2.93. The van der Waals surface area contributed by atoms with Gasteiger partial charge in [-0.05, 0) is 23.6 Å². The number of carbonyl (C=O) groups is 1. The Bertz CT molecular complexity index is 525. The van der Waals surface area contributed by atoms with Gasteiger partial charge in [-0.15, -0.1) is 0 Å². The van der Waals surface area contributed by atoms with Crippen LogP contribution in [-0.2, 0) is 11.2 Å². The Hall–Kier alpha value is -2.16. The van der Waals surface area contributed by atoms with Gasteiger partial charge >= 0.3 is 0 Å². The minimum Gasteiger partial charge on any atom is -0.356 e. The Kier molecular flexibility index (Phi) is 5.30. The topological polar surface area (TPSA) is 42.0 Å². The van der Waals surface area contributed by atoms with Gasteiger partial charge < -0.3 is 5.32 Å². The molecule has 0 spiro atoms. The average molecular weight is 268 g/mol. The highest BCUT2D eigenvalue weighted by Crippen LogP contribution is 2.17. The largest absolute Gasteiger partial charge is 0.356 e. The lowest BCUT2D eigenvalue weighted by molar-refractivity contribution is -0.121. The molecular weight excluding hydrogens is 248 g/mol. The van der Waals surface area contributed by atoms with Crippen molar-refractivity contribution in [2.24, 2.45) is 0 Å². The smallest absolute Gasteiger partial charge is 0.220 e. The second kappa shape index (κ2) is 7.43. The van der Waals surface area contributed by atoms with E-state index in [9.17, 15) is 4.79 Å². The first-order chi connectivity index (χ1) is 9.75. The van der Waals surface area contributed by atoms with Crippen molar-refractivity contribution in [3.05, 3.63) is 66.0 Å². The Morgan fingerprint density at radius 1 is 1.15 bits per heavy atom. The van der Waals surface area contributed by atoms with Crippen LogP contribution in [-0.4, -0.2) is 17.4 Å². The number of nitrogens with one attached hydrogen (secondary N) is 1. The van der Waals surface area contributed by atoms with E-state index in [-0.39, 0.29) is 11.8 Å². The van der Waals surface area contributed by atoms with Crippen LogP contribution >= 0.6 is 0 Å². The lowest BCUT2D eigenvalue weighted by atomic mass is 9.97. The molecule has 0 saturated heterocycles. The summed E-state index contributed by atoms with van der Waals surface area (Å²) in [6.07, 6.45) is 3.06. The van der Waals surface area contributed by atoms with Crippen LogP contribution in [0, 0.1) is 0 Å². The standard InChI is InChI=1S/C17H20N2O/c1-14(15-7-3-2-4-8-15)13-17(20)19-12-10-16-9-5-6-11-18-16/h2-9,11,14H,10,12-13H2,1H3,(H,19,20)/t14-/m1/s1. The van der Waals surface area contributed by atoms with Crippen LogP contribution in [0.3, 0.4) is 0 Å². The molecule has 0 fully saturated rings. The van der Waals surface area contributed by atoms with Gasteiger partial charge in [-0.1, -0.05) is 43.3 Å². The van der Waals surface area contributed by atoms with E-state index in [2.05, 4.69) is 29.4 Å². The van der Waals surface area contributed by atoms with Gasteiger partial charge in [-0.3, -0.25) is 9.78 Å². The van der Waals surface area contributed by atoms with Crippen molar-refractivity contribution < 1.29 is 4.79 Å². The molecule has 3 heteroatoms. The summed E-state index contributed by atoms with van der Waals surface area (Å²) in [6.45, 7) is 2.71. The predicted molar refractivity (Wildman–Crippen MR) is 80.4 cm³/mol. The van der Waals surface area contributed by atoms with Gasteiger partial charge in [0.05, 0.1) is 0 Å². The number of pyridine rings is 1. The molecule has 0 aliphatic rings. The van der Waals surface area contributed by atoms with E-state index in [0.717, 1.165) is 12.1 Å². The van der Waals surface area contributed by atoms with Crippen LogP contribution < -0.4 is 5.32 Å². The third-order valence-corrected chi connectivity index (χ3v) is 3.29. The molecule has 0 radical (unpaired) electrons. The van der Waals surface area contributed by atoms with Crippen molar-refractivity contribution >= 4 is 5.91 Å². The molecular formula is C17H20N2O. The second-order valence-corrected chi connectivity index (χ2v) is 4.94. The zero-order chi connectivity index (χ0) is 14.2. The zero-order valence-corrected chi connectivity index (χ0v) is 11.8. The first-order valence-electron chi connectivity index (χ1n) is 6.97. The quantitative estimate of drug-likeness (QED) is 0.875. The molecule has 1 atom stereocenters. The summed E-state index contributed by atoms with van der Waals surface area (Å²) in [5.74, 6) is 0.336. The van der Waals surface area contributed by atoms with Crippen molar-refractivity contribution in [3.8, 4) is 0 Å². The van der Waals surface area contributed by atoms with Gasteiger partial charge in [0, 0.05) is 31.3 Å². The number of nitrogens with zero attached hydrogens (tertiary/aromatic N) is 1. The number of hydrogen-bond acceptors (Lipinski definition) is 2. The van der Waals surface area contributed by atoms with E-state index < -0.39 is 0 Å². The third-order valence-electron chi connectivity index (χ3n) is 3.29. The van der Waals surface area contributed by atoms with Gasteiger partial charge in [0.25, 0.3) is 0 Å². The molecule has 0 aliphatic heterocycles. The highest BCUT2D eigenvalue weighted by Gasteiger charge is 2.10. The molecule has 0 aliphatic carbocycles. The fraction of sp³-hybridized carbons (Fsp3) is 0.294. The molecule has 0 saturated carbocycles. The summed E-state index contributed by atoms with van der Waals surface area (Å²) in [5, 5.41) is 2.95. The minimum absolute atomic E-state index is 0.0947. The van der Waals surface area contributed by atoms with Gasteiger partial charge in [0.2, 0.25) is 5.91 Å². The van der Waals surface area contributed by atoms with Gasteiger partial charge in [0.15, 0.2) is 0 Å². The van der Waals surface area contributed by atoms with E-state index in [0.29, 0.717) is 13.0 Å². The van der Waals surface area contributed by atoms with Crippen LogP contribution in [0.5, 0.6) is 0 Å². The Morgan fingerprint density at radius 2 is 1.90 bits per heavy atom. The van der Waals surface area contributed by atoms with Crippen molar-refractivity contribution in [3.63, 3.8) is 0 Å². The monoisotopic (exact) mass is 268 g/mol. The maximum atomic E-state index is 11.9. The Morgan fingerprint density at radius 3 is 2.60 bits per heavy atom. The maximum absolute atomic E-state index is 11.9. The summed E-state index contributed by atoms with van der Waals surface area (Å²) in [6, 6.07) is 15.9. The highest BCUT2D eigenvalue weighted by molar-refractivity contribution is 5.76. The van der Waals surface area contributed by atoms with Crippen molar-refractivity contribution in [1.82, 2.24) is 10.3 Å². The molecule has 1 amide bonds. The van der Waals surface area contributed by atoms with Crippen molar-refractivity contribution in [2.75, 3.05) is 6.54 Å². The molecule has 0 bridgehead atoms. The highest BCUT2D eigenvalue weighted by atomic mass is 16.1. The molecule has 1 aromatic carbocycles. The summed E-state index contributed by atoms with van der Waals surface area (Å²) >= 11 is 0. The maximum Gasteiger partial charge on any atom is 0.220 e. The molecule has 1 N–H and O–H groups in total. The van der Waals surface area contributed by atoms with E-state index in [1.54, 1.807) is 6.20 Å². The number of aromatic nitrogens is 1.